The number of halogens is 3. The lowest BCUT2D eigenvalue weighted by molar-refractivity contribution is -0.115. The number of benzene rings is 2. The standard InChI is InChI=1S/C16H13BrClFN2O2/c1-20-16(23)10-3-4-12(18)14(8-10)21-15(22)7-9-2-5-13(19)11(17)6-9/h2-6,8H,7H2,1H3,(H,20,23)(H,21,22). The summed E-state index contributed by atoms with van der Waals surface area (Å²) in [4.78, 5) is 23.7. The van der Waals surface area contributed by atoms with E-state index in [9.17, 15) is 14.0 Å². The monoisotopic (exact) mass is 398 g/mol. The van der Waals surface area contributed by atoms with E-state index >= 15 is 0 Å². The summed E-state index contributed by atoms with van der Waals surface area (Å²) < 4.78 is 13.5. The van der Waals surface area contributed by atoms with Crippen molar-refractivity contribution in [2.24, 2.45) is 0 Å². The van der Waals surface area contributed by atoms with Gasteiger partial charge in [0.25, 0.3) is 5.91 Å². The van der Waals surface area contributed by atoms with Gasteiger partial charge in [0, 0.05) is 12.6 Å². The van der Waals surface area contributed by atoms with Crippen LogP contribution in [0.2, 0.25) is 5.02 Å². The molecule has 4 nitrogen and oxygen atoms in total. The van der Waals surface area contributed by atoms with Crippen molar-refractivity contribution in [1.29, 1.82) is 0 Å². The van der Waals surface area contributed by atoms with Crippen molar-refractivity contribution >= 4 is 45.0 Å². The average molecular weight is 400 g/mol. The minimum absolute atomic E-state index is 0.0550. The molecule has 0 aliphatic carbocycles. The van der Waals surface area contributed by atoms with Crippen LogP contribution in [0.3, 0.4) is 0 Å². The Morgan fingerprint density at radius 3 is 2.61 bits per heavy atom. The molecule has 0 aromatic heterocycles. The summed E-state index contributed by atoms with van der Waals surface area (Å²) in [6.07, 6.45) is 0.0550. The Labute approximate surface area is 146 Å². The van der Waals surface area contributed by atoms with Crippen molar-refractivity contribution < 1.29 is 14.0 Å². The molecule has 0 bridgehead atoms. The van der Waals surface area contributed by atoms with Crippen LogP contribution in [0.4, 0.5) is 10.1 Å². The van der Waals surface area contributed by atoms with Crippen LogP contribution in [0.25, 0.3) is 0 Å². The van der Waals surface area contributed by atoms with E-state index in [2.05, 4.69) is 26.6 Å². The fourth-order valence-corrected chi connectivity index (χ4v) is 2.53. The summed E-state index contributed by atoms with van der Waals surface area (Å²) in [6, 6.07) is 8.95. The van der Waals surface area contributed by atoms with E-state index in [-0.39, 0.29) is 18.2 Å². The molecule has 0 saturated heterocycles. The van der Waals surface area contributed by atoms with E-state index in [0.717, 1.165) is 0 Å². The second-order valence-electron chi connectivity index (χ2n) is 4.75. The van der Waals surface area contributed by atoms with E-state index in [1.807, 2.05) is 0 Å². The summed E-state index contributed by atoms with van der Waals surface area (Å²) >= 11 is 9.11. The third-order valence-electron chi connectivity index (χ3n) is 3.08. The number of hydrogen-bond acceptors (Lipinski definition) is 2. The van der Waals surface area contributed by atoms with Gasteiger partial charge in [0.15, 0.2) is 0 Å². The number of anilines is 1. The van der Waals surface area contributed by atoms with Crippen LogP contribution in [0, 0.1) is 5.82 Å². The van der Waals surface area contributed by atoms with Crippen LogP contribution in [0.5, 0.6) is 0 Å². The molecule has 2 N–H and O–H groups in total. The van der Waals surface area contributed by atoms with E-state index in [1.54, 1.807) is 6.07 Å². The third kappa shape index (κ3) is 4.53. The lowest BCUT2D eigenvalue weighted by Gasteiger charge is -2.09. The van der Waals surface area contributed by atoms with E-state index in [0.29, 0.717) is 26.3 Å². The largest absolute Gasteiger partial charge is 0.355 e. The summed E-state index contributed by atoms with van der Waals surface area (Å²) in [5.74, 6) is -0.991. The van der Waals surface area contributed by atoms with Gasteiger partial charge in [-0.3, -0.25) is 9.59 Å². The fraction of sp³-hybridized carbons (Fsp3) is 0.125. The Hall–Kier alpha value is -1.92. The SMILES string of the molecule is CNC(=O)c1ccc(Cl)c(NC(=O)Cc2ccc(F)c(Br)c2)c1. The van der Waals surface area contributed by atoms with Gasteiger partial charge in [-0.2, -0.15) is 0 Å². The maximum absolute atomic E-state index is 13.2. The molecule has 120 valence electrons. The molecule has 0 spiro atoms. The molecular formula is C16H13BrClFN2O2. The number of nitrogens with one attached hydrogen (secondary N) is 2. The van der Waals surface area contributed by atoms with Crippen molar-refractivity contribution in [3.63, 3.8) is 0 Å². The van der Waals surface area contributed by atoms with Gasteiger partial charge in [-0.15, -0.1) is 0 Å². The van der Waals surface area contributed by atoms with Crippen LogP contribution in [0.15, 0.2) is 40.9 Å². The topological polar surface area (TPSA) is 58.2 Å². The van der Waals surface area contributed by atoms with Crippen LogP contribution in [0.1, 0.15) is 15.9 Å². The molecule has 0 atom stereocenters. The number of hydrogen-bond donors (Lipinski definition) is 2. The predicted octanol–water partition coefficient (Wildman–Crippen LogP) is 3.78. The zero-order chi connectivity index (χ0) is 17.0. The molecule has 0 fully saturated rings. The Morgan fingerprint density at radius 1 is 1.22 bits per heavy atom. The molecule has 7 heteroatoms. The number of rotatable bonds is 4. The summed E-state index contributed by atoms with van der Waals surface area (Å²) in [6.45, 7) is 0. The molecule has 0 saturated carbocycles. The highest BCUT2D eigenvalue weighted by Crippen LogP contribution is 2.24. The van der Waals surface area contributed by atoms with Gasteiger partial charge < -0.3 is 10.6 Å². The normalized spacial score (nSPS) is 10.3. The molecule has 2 amide bonds. The zero-order valence-electron chi connectivity index (χ0n) is 12.1. The Balaban J connectivity index is 2.13. The summed E-state index contributed by atoms with van der Waals surface area (Å²) in [5, 5.41) is 5.47. The fourth-order valence-electron chi connectivity index (χ4n) is 1.94. The van der Waals surface area contributed by atoms with Crippen LogP contribution in [-0.2, 0) is 11.2 Å². The molecule has 0 aliphatic heterocycles. The zero-order valence-corrected chi connectivity index (χ0v) is 14.5. The molecule has 2 aromatic rings. The van der Waals surface area contributed by atoms with Crippen molar-refractivity contribution in [2.75, 3.05) is 12.4 Å². The second kappa shape index (κ2) is 7.57. The molecule has 0 aliphatic rings. The highest BCUT2D eigenvalue weighted by Gasteiger charge is 2.11. The van der Waals surface area contributed by atoms with Crippen LogP contribution < -0.4 is 10.6 Å². The van der Waals surface area contributed by atoms with Crippen LogP contribution >= 0.6 is 27.5 Å². The summed E-state index contributed by atoms with van der Waals surface area (Å²) in [7, 11) is 1.52. The molecular weight excluding hydrogens is 387 g/mol. The first-order chi connectivity index (χ1) is 10.9. The molecule has 0 unspecified atom stereocenters. The Morgan fingerprint density at radius 2 is 1.96 bits per heavy atom. The first-order valence-corrected chi connectivity index (χ1v) is 7.83. The van der Waals surface area contributed by atoms with Gasteiger partial charge in [0.05, 0.1) is 21.6 Å². The van der Waals surface area contributed by atoms with Gasteiger partial charge >= 0.3 is 0 Å². The number of amides is 2. The molecule has 0 radical (unpaired) electrons. The van der Waals surface area contributed by atoms with E-state index in [4.69, 9.17) is 11.6 Å². The van der Waals surface area contributed by atoms with Gasteiger partial charge in [-0.25, -0.2) is 4.39 Å². The maximum Gasteiger partial charge on any atom is 0.251 e. The molecule has 2 aromatic carbocycles. The predicted molar refractivity (Wildman–Crippen MR) is 91.3 cm³/mol. The first kappa shape index (κ1) is 17.4. The van der Waals surface area contributed by atoms with Gasteiger partial charge in [-0.1, -0.05) is 17.7 Å². The quantitative estimate of drug-likeness (QED) is 0.822. The third-order valence-corrected chi connectivity index (χ3v) is 4.02. The average Bonchev–Trinajstić information content (AvgIpc) is 2.52. The van der Waals surface area contributed by atoms with Gasteiger partial charge in [0.2, 0.25) is 5.91 Å². The second-order valence-corrected chi connectivity index (χ2v) is 6.01. The van der Waals surface area contributed by atoms with Crippen molar-refractivity contribution in [3.05, 3.63) is 62.8 Å². The smallest absolute Gasteiger partial charge is 0.251 e. The molecule has 23 heavy (non-hydrogen) atoms. The lowest BCUT2D eigenvalue weighted by Crippen LogP contribution is -2.19. The summed E-state index contributed by atoms with van der Waals surface area (Å²) in [5.41, 5.74) is 1.38. The lowest BCUT2D eigenvalue weighted by atomic mass is 10.1. The van der Waals surface area contributed by atoms with Crippen LogP contribution in [-0.4, -0.2) is 18.9 Å². The first-order valence-electron chi connectivity index (χ1n) is 6.66. The Bertz CT molecular complexity index is 768. The minimum atomic E-state index is -0.393. The van der Waals surface area contributed by atoms with Gasteiger partial charge in [-0.05, 0) is 51.8 Å². The molecule has 0 heterocycles. The van der Waals surface area contributed by atoms with E-state index in [1.165, 1.54) is 37.4 Å². The van der Waals surface area contributed by atoms with Crippen molar-refractivity contribution in [3.8, 4) is 0 Å². The number of carbonyl (C=O) groups is 2. The maximum atomic E-state index is 13.2. The molecule has 2 rings (SSSR count). The highest BCUT2D eigenvalue weighted by atomic mass is 79.9. The Kier molecular flexibility index (Phi) is 5.74. The van der Waals surface area contributed by atoms with Crippen molar-refractivity contribution in [2.45, 2.75) is 6.42 Å². The van der Waals surface area contributed by atoms with E-state index < -0.39 is 5.82 Å². The van der Waals surface area contributed by atoms with Gasteiger partial charge in [0.1, 0.15) is 5.82 Å². The number of carbonyl (C=O) groups excluding carboxylic acids is 2. The highest BCUT2D eigenvalue weighted by molar-refractivity contribution is 9.10. The van der Waals surface area contributed by atoms with Crippen molar-refractivity contribution in [1.82, 2.24) is 5.32 Å². The minimum Gasteiger partial charge on any atom is -0.355 e.